The highest BCUT2D eigenvalue weighted by Gasteiger charge is 2.53. The summed E-state index contributed by atoms with van der Waals surface area (Å²) in [6.45, 7) is 4.76. The zero-order chi connectivity index (χ0) is 47.3. The Kier molecular flexibility index (Phi) is 9.18. The van der Waals surface area contributed by atoms with Crippen molar-refractivity contribution in [3.8, 4) is 39.1 Å². The standard InChI is InChI=1S/C67H48N4/c1-66(2)56-24-12-14-26-58(56)67(59-27-15-13-25-57(59)66)55-23-11-9-21-51(55)52-39-37-48(42-60(52)67)45-31-35-47(36-32-45)64-68-63(46-33-29-44(30-34-46)43-17-5-3-6-18-43)69-65(70-64)49-38-40-62-54(41-49)53-22-10-16-28-61(53)71(62)50-19-7-4-8-20-50/h3-42,65H,1-2H3,(H,68,69,70). The van der Waals surface area contributed by atoms with Crippen LogP contribution in [0, 0.1) is 0 Å². The van der Waals surface area contributed by atoms with Crippen molar-refractivity contribution in [3.63, 3.8) is 0 Å². The van der Waals surface area contributed by atoms with Gasteiger partial charge in [-0.15, -0.1) is 0 Å². The quantitative estimate of drug-likeness (QED) is 0.177. The highest BCUT2D eigenvalue weighted by molar-refractivity contribution is 6.16. The van der Waals surface area contributed by atoms with Gasteiger partial charge >= 0.3 is 0 Å². The van der Waals surface area contributed by atoms with E-state index < -0.39 is 11.6 Å². The number of nitrogens with one attached hydrogen (secondary N) is 1. The van der Waals surface area contributed by atoms with Crippen LogP contribution in [0.3, 0.4) is 0 Å². The highest BCUT2D eigenvalue weighted by atomic mass is 15.2. The Labute approximate surface area is 414 Å². The Morgan fingerprint density at radius 1 is 0.366 bits per heavy atom. The number of hydrogen-bond acceptors (Lipinski definition) is 3. The summed E-state index contributed by atoms with van der Waals surface area (Å²) in [6.07, 6.45) is -0.473. The third kappa shape index (κ3) is 6.24. The van der Waals surface area contributed by atoms with Gasteiger partial charge in [0.25, 0.3) is 0 Å². The Hall–Kier alpha value is -8.86. The van der Waals surface area contributed by atoms with E-state index in [9.17, 15) is 0 Å². The van der Waals surface area contributed by atoms with E-state index >= 15 is 0 Å². The van der Waals surface area contributed by atoms with Crippen LogP contribution in [0.4, 0.5) is 0 Å². The van der Waals surface area contributed by atoms with Crippen LogP contribution < -0.4 is 5.32 Å². The monoisotopic (exact) mass is 908 g/mol. The lowest BCUT2D eigenvalue weighted by atomic mass is 9.55. The van der Waals surface area contributed by atoms with Crippen molar-refractivity contribution in [2.75, 3.05) is 0 Å². The molecule has 4 nitrogen and oxygen atoms in total. The first-order valence-electron chi connectivity index (χ1n) is 24.7. The molecule has 11 aromatic rings. The summed E-state index contributed by atoms with van der Waals surface area (Å²) in [5.41, 5.74) is 21.3. The summed E-state index contributed by atoms with van der Waals surface area (Å²) < 4.78 is 2.35. The summed E-state index contributed by atoms with van der Waals surface area (Å²) in [4.78, 5) is 10.8. The molecule has 1 aliphatic heterocycles. The van der Waals surface area contributed by atoms with Gasteiger partial charge in [-0.25, -0.2) is 9.98 Å². The summed E-state index contributed by atoms with van der Waals surface area (Å²) >= 11 is 0. The second kappa shape index (κ2) is 15.8. The second-order valence-corrected chi connectivity index (χ2v) is 19.7. The van der Waals surface area contributed by atoms with Crippen molar-refractivity contribution in [2.45, 2.75) is 30.8 Å². The number of amidine groups is 2. The van der Waals surface area contributed by atoms with Gasteiger partial charge < -0.3 is 9.88 Å². The van der Waals surface area contributed by atoms with Gasteiger partial charge in [-0.1, -0.05) is 220 Å². The molecule has 14 rings (SSSR count). The van der Waals surface area contributed by atoms with Gasteiger partial charge in [-0.05, 0) is 109 Å². The predicted molar refractivity (Wildman–Crippen MR) is 293 cm³/mol. The average Bonchev–Trinajstić information content (AvgIpc) is 3.94. The maximum absolute atomic E-state index is 5.41. The Morgan fingerprint density at radius 3 is 1.51 bits per heavy atom. The zero-order valence-electron chi connectivity index (χ0n) is 39.5. The fourth-order valence-corrected chi connectivity index (χ4v) is 12.2. The molecule has 0 radical (unpaired) electrons. The number of aliphatic imine (C=N–C) groups is 2. The number of para-hydroxylation sites is 2. The van der Waals surface area contributed by atoms with E-state index in [1.54, 1.807) is 0 Å². The molecular formula is C67H48N4. The summed E-state index contributed by atoms with van der Waals surface area (Å²) in [5, 5.41) is 6.07. The first-order chi connectivity index (χ1) is 34.9. The molecule has 0 fully saturated rings. The average molecular weight is 909 g/mol. The van der Waals surface area contributed by atoms with E-state index in [0.717, 1.165) is 50.7 Å². The minimum absolute atomic E-state index is 0.149. The van der Waals surface area contributed by atoms with Gasteiger partial charge in [0, 0.05) is 33.0 Å². The third-order valence-corrected chi connectivity index (χ3v) is 15.6. The Balaban J connectivity index is 0.874. The summed E-state index contributed by atoms with van der Waals surface area (Å²) in [7, 11) is 0. The van der Waals surface area contributed by atoms with Crippen LogP contribution in [0.1, 0.15) is 70.1 Å². The summed E-state index contributed by atoms with van der Waals surface area (Å²) in [5.74, 6) is 1.57. The number of aromatic nitrogens is 1. The summed E-state index contributed by atoms with van der Waals surface area (Å²) in [6, 6.07) is 88.6. The fourth-order valence-electron chi connectivity index (χ4n) is 12.2. The molecule has 10 aromatic carbocycles. The fraction of sp³-hybridized carbons (Fsp3) is 0.0746. The van der Waals surface area contributed by atoms with Crippen molar-refractivity contribution in [2.24, 2.45) is 9.98 Å². The molecule has 71 heavy (non-hydrogen) atoms. The normalized spacial score (nSPS) is 15.8. The molecule has 4 heteroatoms. The van der Waals surface area contributed by atoms with Gasteiger partial charge in [-0.3, -0.25) is 0 Å². The lowest BCUT2D eigenvalue weighted by Crippen LogP contribution is -2.40. The third-order valence-electron chi connectivity index (χ3n) is 15.6. The van der Waals surface area contributed by atoms with Crippen LogP contribution in [0.15, 0.2) is 253 Å². The minimum Gasteiger partial charge on any atom is -0.324 e. The van der Waals surface area contributed by atoms with Gasteiger partial charge in [-0.2, -0.15) is 0 Å². The Morgan fingerprint density at radius 2 is 0.845 bits per heavy atom. The van der Waals surface area contributed by atoms with Crippen molar-refractivity contribution in [1.82, 2.24) is 9.88 Å². The van der Waals surface area contributed by atoms with E-state index in [-0.39, 0.29) is 5.41 Å². The smallest absolute Gasteiger partial charge is 0.169 e. The van der Waals surface area contributed by atoms with Crippen molar-refractivity contribution < 1.29 is 0 Å². The molecule has 336 valence electrons. The molecule has 2 aliphatic carbocycles. The lowest BCUT2D eigenvalue weighted by Gasteiger charge is -2.46. The number of nitrogens with zero attached hydrogens (tertiary/aromatic N) is 3. The maximum atomic E-state index is 5.41. The van der Waals surface area contributed by atoms with Crippen LogP contribution in [0.5, 0.6) is 0 Å². The number of benzene rings is 10. The molecular weight excluding hydrogens is 861 g/mol. The Bertz CT molecular complexity index is 3920. The highest BCUT2D eigenvalue weighted by Crippen LogP contribution is 2.62. The van der Waals surface area contributed by atoms with Crippen molar-refractivity contribution in [1.29, 1.82) is 0 Å². The van der Waals surface area contributed by atoms with E-state index in [4.69, 9.17) is 9.98 Å². The van der Waals surface area contributed by atoms with Crippen LogP contribution >= 0.6 is 0 Å². The molecule has 1 atom stereocenters. The first kappa shape index (κ1) is 41.1. The molecule has 1 unspecified atom stereocenters. The molecule has 1 N–H and O–H groups in total. The molecule has 0 amide bonds. The SMILES string of the molecule is CC1(C)c2ccccc2C2(c3ccccc3-c3ccc(-c4ccc(C5=NC(c6ccc7c(c6)c6ccccc6n7-c6ccccc6)N=C(c6ccc(-c7ccccc7)cc6)N5)cc4)cc32)c2ccccc21. The first-order valence-corrected chi connectivity index (χ1v) is 24.7. The van der Waals surface area contributed by atoms with Crippen molar-refractivity contribution in [3.05, 3.63) is 293 Å². The molecule has 0 saturated carbocycles. The number of rotatable bonds is 6. The molecule has 0 saturated heterocycles. The van der Waals surface area contributed by atoms with Gasteiger partial charge in [0.1, 0.15) is 11.7 Å². The van der Waals surface area contributed by atoms with Crippen LogP contribution in [0.2, 0.25) is 0 Å². The van der Waals surface area contributed by atoms with Crippen LogP contribution in [0.25, 0.3) is 60.9 Å². The second-order valence-electron chi connectivity index (χ2n) is 19.7. The van der Waals surface area contributed by atoms with Crippen molar-refractivity contribution >= 4 is 33.5 Å². The molecule has 3 aliphatic rings. The molecule has 2 heterocycles. The van der Waals surface area contributed by atoms with E-state index in [2.05, 4.69) is 266 Å². The number of hydrogen-bond donors (Lipinski definition) is 1. The van der Waals surface area contributed by atoms with Crippen LogP contribution in [-0.2, 0) is 10.8 Å². The van der Waals surface area contributed by atoms with Gasteiger partial charge in [0.2, 0.25) is 0 Å². The van der Waals surface area contributed by atoms with E-state index in [1.807, 2.05) is 0 Å². The zero-order valence-corrected chi connectivity index (χ0v) is 39.5. The number of fused-ring (bicyclic) bond motifs is 12. The predicted octanol–water partition coefficient (Wildman–Crippen LogP) is 15.6. The lowest BCUT2D eigenvalue weighted by molar-refractivity contribution is 0.563. The van der Waals surface area contributed by atoms with E-state index in [0.29, 0.717) is 0 Å². The molecule has 0 bridgehead atoms. The van der Waals surface area contributed by atoms with Crippen LogP contribution in [-0.4, -0.2) is 16.2 Å². The largest absolute Gasteiger partial charge is 0.324 e. The molecule has 1 spiro atoms. The molecule has 1 aromatic heterocycles. The maximum Gasteiger partial charge on any atom is 0.169 e. The topological polar surface area (TPSA) is 41.7 Å². The van der Waals surface area contributed by atoms with E-state index in [1.165, 1.54) is 71.9 Å². The van der Waals surface area contributed by atoms with Gasteiger partial charge in [0.05, 0.1) is 16.4 Å². The van der Waals surface area contributed by atoms with Gasteiger partial charge in [0.15, 0.2) is 6.17 Å². The minimum atomic E-state index is -0.473.